The fraction of sp³-hybridized carbons (Fsp3) is 0.200. The molecule has 2 aromatic carbocycles. The van der Waals surface area contributed by atoms with Crippen molar-refractivity contribution in [3.05, 3.63) is 75.1 Å². The molecule has 0 saturated carbocycles. The first-order valence-corrected chi connectivity index (χ1v) is 9.52. The summed E-state index contributed by atoms with van der Waals surface area (Å²) < 4.78 is 4.31. The maximum Gasteiger partial charge on any atom is 0.257 e. The summed E-state index contributed by atoms with van der Waals surface area (Å²) in [6, 6.07) is 12.8. The lowest BCUT2D eigenvalue weighted by Crippen LogP contribution is -2.40. The lowest BCUT2D eigenvalue weighted by Gasteiger charge is -2.03. The van der Waals surface area contributed by atoms with Gasteiger partial charge in [0, 0.05) is 21.2 Å². The maximum atomic E-state index is 12.8. The van der Waals surface area contributed by atoms with Gasteiger partial charge in [0.1, 0.15) is 6.20 Å². The molecule has 3 nitrogen and oxygen atoms in total. The van der Waals surface area contributed by atoms with E-state index in [1.807, 2.05) is 35.0 Å². The van der Waals surface area contributed by atoms with Gasteiger partial charge in [0.25, 0.3) is 5.82 Å². The molecular formula is C20H16Cl3N2O+. The quantitative estimate of drug-likeness (QED) is 0.430. The van der Waals surface area contributed by atoms with Gasteiger partial charge in [-0.05, 0) is 48.9 Å². The van der Waals surface area contributed by atoms with Crippen LogP contribution in [0.3, 0.4) is 0 Å². The molecule has 0 bridgehead atoms. The summed E-state index contributed by atoms with van der Waals surface area (Å²) in [4.78, 5) is 12.8. The number of imidazole rings is 1. The van der Waals surface area contributed by atoms with Crippen LogP contribution in [-0.4, -0.2) is 10.4 Å². The van der Waals surface area contributed by atoms with E-state index in [0.29, 0.717) is 20.6 Å². The Bertz CT molecular complexity index is 993. The van der Waals surface area contributed by atoms with E-state index >= 15 is 0 Å². The fourth-order valence-corrected chi connectivity index (χ4v) is 4.09. The molecular weight excluding hydrogens is 391 g/mol. The number of Topliss-reactive ketones (excluding diaryl/α,β-unsaturated/α-hetero) is 1. The Morgan fingerprint density at radius 3 is 2.50 bits per heavy atom. The van der Waals surface area contributed by atoms with Crippen molar-refractivity contribution >= 4 is 40.6 Å². The Hall–Kier alpha value is -1.81. The molecule has 0 fully saturated rings. The van der Waals surface area contributed by atoms with Gasteiger partial charge in [-0.1, -0.05) is 34.8 Å². The van der Waals surface area contributed by atoms with Crippen LogP contribution in [0.1, 0.15) is 22.6 Å². The summed E-state index contributed by atoms with van der Waals surface area (Å²) in [5.41, 5.74) is 2.69. The first-order chi connectivity index (χ1) is 12.5. The van der Waals surface area contributed by atoms with Crippen LogP contribution in [0.25, 0.3) is 11.3 Å². The third-order valence-corrected chi connectivity index (χ3v) is 5.48. The van der Waals surface area contributed by atoms with Gasteiger partial charge in [0.05, 0.1) is 18.0 Å². The fourth-order valence-electron chi connectivity index (χ4n) is 3.45. The van der Waals surface area contributed by atoms with Crippen molar-refractivity contribution < 1.29 is 9.36 Å². The molecule has 0 unspecified atom stereocenters. The minimum Gasteiger partial charge on any atom is -0.290 e. The van der Waals surface area contributed by atoms with Gasteiger partial charge in [-0.3, -0.25) is 4.79 Å². The molecule has 1 aromatic heterocycles. The van der Waals surface area contributed by atoms with Gasteiger partial charge in [0.2, 0.25) is 5.78 Å². The molecule has 6 heteroatoms. The summed E-state index contributed by atoms with van der Waals surface area (Å²) in [7, 11) is 0. The molecule has 0 aliphatic carbocycles. The molecule has 2 heterocycles. The van der Waals surface area contributed by atoms with Crippen LogP contribution >= 0.6 is 34.8 Å². The van der Waals surface area contributed by atoms with E-state index in [1.54, 1.807) is 18.2 Å². The van der Waals surface area contributed by atoms with Crippen LogP contribution in [-0.2, 0) is 19.5 Å². The van der Waals surface area contributed by atoms with Crippen LogP contribution < -0.4 is 4.57 Å². The van der Waals surface area contributed by atoms with Crippen molar-refractivity contribution in [1.82, 2.24) is 4.57 Å². The zero-order chi connectivity index (χ0) is 18.3. The van der Waals surface area contributed by atoms with Crippen LogP contribution in [0.4, 0.5) is 0 Å². The predicted octanol–water partition coefficient (Wildman–Crippen LogP) is 5.23. The Kier molecular flexibility index (Phi) is 4.78. The summed E-state index contributed by atoms with van der Waals surface area (Å²) in [6.45, 7) is 1.21. The number of hydrogen-bond acceptors (Lipinski definition) is 1. The van der Waals surface area contributed by atoms with Crippen molar-refractivity contribution in [2.24, 2.45) is 0 Å². The molecule has 0 N–H and O–H groups in total. The third-order valence-electron chi connectivity index (χ3n) is 4.68. The number of benzene rings is 2. The first-order valence-electron chi connectivity index (χ1n) is 8.39. The van der Waals surface area contributed by atoms with Crippen molar-refractivity contribution in [3.63, 3.8) is 0 Å². The maximum absolute atomic E-state index is 12.8. The van der Waals surface area contributed by atoms with Crippen LogP contribution in [0, 0.1) is 0 Å². The van der Waals surface area contributed by atoms with E-state index in [0.717, 1.165) is 36.5 Å². The topological polar surface area (TPSA) is 25.9 Å². The summed E-state index contributed by atoms with van der Waals surface area (Å²) >= 11 is 18.1. The van der Waals surface area contributed by atoms with Crippen LogP contribution in [0.2, 0.25) is 15.1 Å². The number of halogens is 3. The third kappa shape index (κ3) is 3.27. The highest BCUT2D eigenvalue weighted by molar-refractivity contribution is 6.36. The monoisotopic (exact) mass is 405 g/mol. The molecule has 0 amide bonds. The molecule has 0 spiro atoms. The van der Waals surface area contributed by atoms with Gasteiger partial charge in [-0.15, -0.1) is 0 Å². The Morgan fingerprint density at radius 1 is 1.04 bits per heavy atom. The lowest BCUT2D eigenvalue weighted by atomic mass is 10.1. The van der Waals surface area contributed by atoms with E-state index in [4.69, 9.17) is 34.8 Å². The highest BCUT2D eigenvalue weighted by Gasteiger charge is 2.30. The van der Waals surface area contributed by atoms with Crippen molar-refractivity contribution in [2.75, 3.05) is 0 Å². The molecule has 4 rings (SSSR count). The molecule has 0 saturated heterocycles. The van der Waals surface area contributed by atoms with Crippen molar-refractivity contribution in [1.29, 1.82) is 0 Å². The standard InChI is InChI=1S/C20H16Cl3N2O/c21-14-5-3-13(4-6-14)18-11-24(20-2-1-9-25(18)20)12-19(26)16-8-7-15(22)10-17(16)23/h3-8,10-11H,1-2,9,12H2/q+1. The number of nitrogens with zero attached hydrogens (tertiary/aromatic N) is 2. The highest BCUT2D eigenvalue weighted by atomic mass is 35.5. The molecule has 1 aliphatic rings. The van der Waals surface area contributed by atoms with Gasteiger partial charge in [0.15, 0.2) is 12.2 Å². The van der Waals surface area contributed by atoms with Crippen LogP contribution in [0.5, 0.6) is 0 Å². The molecule has 26 heavy (non-hydrogen) atoms. The second kappa shape index (κ2) is 7.07. The van der Waals surface area contributed by atoms with Crippen LogP contribution in [0.15, 0.2) is 48.7 Å². The number of fused-ring (bicyclic) bond motifs is 1. The minimum atomic E-state index is -0.0281. The van der Waals surface area contributed by atoms with E-state index < -0.39 is 0 Å². The summed E-state index contributed by atoms with van der Waals surface area (Å²) in [6.07, 6.45) is 4.07. The minimum absolute atomic E-state index is 0.0281. The zero-order valence-electron chi connectivity index (χ0n) is 13.9. The zero-order valence-corrected chi connectivity index (χ0v) is 16.2. The van der Waals surface area contributed by atoms with Crippen molar-refractivity contribution in [2.45, 2.75) is 25.9 Å². The molecule has 132 valence electrons. The number of carbonyl (C=O) groups excluding carboxylic acids is 1. The smallest absolute Gasteiger partial charge is 0.257 e. The van der Waals surface area contributed by atoms with Gasteiger partial charge < -0.3 is 0 Å². The van der Waals surface area contributed by atoms with Gasteiger partial charge >= 0.3 is 0 Å². The van der Waals surface area contributed by atoms with Crippen molar-refractivity contribution in [3.8, 4) is 11.3 Å². The predicted molar refractivity (Wildman–Crippen MR) is 104 cm³/mol. The van der Waals surface area contributed by atoms with E-state index in [9.17, 15) is 4.79 Å². The molecule has 0 radical (unpaired) electrons. The summed E-state index contributed by atoms with van der Waals surface area (Å²) in [5.74, 6) is 1.13. The normalized spacial score (nSPS) is 13.0. The van der Waals surface area contributed by atoms with E-state index in [2.05, 4.69) is 4.57 Å². The van der Waals surface area contributed by atoms with E-state index in [-0.39, 0.29) is 12.3 Å². The largest absolute Gasteiger partial charge is 0.290 e. The lowest BCUT2D eigenvalue weighted by molar-refractivity contribution is -0.689. The number of carbonyl (C=O) groups is 1. The SMILES string of the molecule is O=C(C[n+]1cc(-c2ccc(Cl)cc2)n2c1CCC2)c1ccc(Cl)cc1Cl. The van der Waals surface area contributed by atoms with Gasteiger partial charge in [-0.25, -0.2) is 9.13 Å². The number of hydrogen-bond donors (Lipinski definition) is 0. The summed E-state index contributed by atoms with van der Waals surface area (Å²) in [5, 5.41) is 1.62. The second-order valence-corrected chi connectivity index (χ2v) is 7.65. The second-order valence-electron chi connectivity index (χ2n) is 6.37. The molecule has 3 aromatic rings. The molecule has 1 aliphatic heterocycles. The number of rotatable bonds is 4. The highest BCUT2D eigenvalue weighted by Crippen LogP contribution is 2.26. The van der Waals surface area contributed by atoms with Gasteiger partial charge in [-0.2, -0.15) is 0 Å². The molecule has 0 atom stereocenters. The Labute approximate surface area is 166 Å². The number of aromatic nitrogens is 2. The Morgan fingerprint density at radius 2 is 1.77 bits per heavy atom. The average molecular weight is 407 g/mol. The first kappa shape index (κ1) is 17.6. The number of ketones is 1. The van der Waals surface area contributed by atoms with E-state index in [1.165, 1.54) is 0 Å². The Balaban J connectivity index is 1.68. The average Bonchev–Trinajstić information content (AvgIpc) is 3.19.